The van der Waals surface area contributed by atoms with Crippen molar-refractivity contribution in [2.45, 2.75) is 72.1 Å². The van der Waals surface area contributed by atoms with Crippen molar-refractivity contribution in [1.29, 1.82) is 0 Å². The number of H-pyrrole nitrogens is 1. The number of nitrogens with one attached hydrogen (secondary N) is 1. The van der Waals surface area contributed by atoms with Crippen molar-refractivity contribution in [3.8, 4) is 0 Å². The molecule has 3 nitrogen and oxygen atoms in total. The highest BCUT2D eigenvalue weighted by molar-refractivity contribution is 6.30. The molecule has 8 heteroatoms. The van der Waals surface area contributed by atoms with Gasteiger partial charge in [0.15, 0.2) is 5.60 Å². The fraction of sp³-hybridized carbons (Fsp3) is 0.458. The molecule has 3 aromatic rings. The zero-order valence-electron chi connectivity index (χ0n) is 19.2. The molecule has 2 N–H and O–H groups in total. The van der Waals surface area contributed by atoms with Gasteiger partial charge in [0.2, 0.25) is 0 Å². The first-order valence-corrected chi connectivity index (χ1v) is 11.0. The smallest absolute Gasteiger partial charge is 0.380 e. The Morgan fingerprint density at radius 1 is 1.09 bits per heavy atom. The summed E-state index contributed by atoms with van der Waals surface area (Å²) in [6.07, 6.45) is -4.71. The molecule has 2 unspecified atom stereocenters. The van der Waals surface area contributed by atoms with E-state index in [1.54, 1.807) is 13.8 Å². The summed E-state index contributed by atoms with van der Waals surface area (Å²) >= 11 is 5.81. The lowest BCUT2D eigenvalue weighted by Gasteiger charge is -2.33. The Morgan fingerprint density at radius 2 is 1.72 bits per heavy atom. The number of nitrogens with zero attached hydrogens (tertiary/aromatic N) is 1. The summed E-state index contributed by atoms with van der Waals surface area (Å²) in [6, 6.07) is 7.03. The Kier molecular flexibility index (Phi) is 10.2. The molecule has 0 bridgehead atoms. The minimum atomic E-state index is -4.87. The average molecular weight is 475 g/mol. The second-order valence-electron chi connectivity index (χ2n) is 7.20. The number of fused-ring (bicyclic) bond motifs is 1. The summed E-state index contributed by atoms with van der Waals surface area (Å²) in [5, 5.41) is 11.4. The molecule has 3 rings (SSSR count). The van der Waals surface area contributed by atoms with Gasteiger partial charge in [0, 0.05) is 17.5 Å². The van der Waals surface area contributed by atoms with E-state index in [1.807, 2.05) is 27.7 Å². The summed E-state index contributed by atoms with van der Waals surface area (Å²) in [4.78, 5) is 6.73. The number of alkyl halides is 3. The Hall–Kier alpha value is -2.12. The highest BCUT2D eigenvalue weighted by atomic mass is 35.5. The van der Waals surface area contributed by atoms with E-state index >= 15 is 0 Å². The maximum absolute atomic E-state index is 13.8. The molecule has 1 aromatic carbocycles. The van der Waals surface area contributed by atoms with Crippen LogP contribution in [0.3, 0.4) is 0 Å². The van der Waals surface area contributed by atoms with E-state index in [9.17, 15) is 22.7 Å². The number of pyridine rings is 1. The first kappa shape index (κ1) is 27.9. The Balaban J connectivity index is 0.00000121. The van der Waals surface area contributed by atoms with Gasteiger partial charge in [-0.2, -0.15) is 13.2 Å². The van der Waals surface area contributed by atoms with Gasteiger partial charge in [-0.3, -0.25) is 0 Å². The van der Waals surface area contributed by atoms with Crippen LogP contribution in [0.4, 0.5) is 17.6 Å². The van der Waals surface area contributed by atoms with Gasteiger partial charge in [-0.05, 0) is 54.7 Å². The zero-order chi connectivity index (χ0) is 24.7. The zero-order valence-corrected chi connectivity index (χ0v) is 20.0. The SMILES string of the molecule is CC.CC.Cc1ccc(F)cc1C(C)CC(O)(Cc1cc2cc(Cl)ncc2[nH]1)C(F)(F)F. The van der Waals surface area contributed by atoms with Crippen molar-refractivity contribution >= 4 is 22.5 Å². The van der Waals surface area contributed by atoms with Crippen LogP contribution >= 0.6 is 11.6 Å². The van der Waals surface area contributed by atoms with E-state index in [2.05, 4.69) is 9.97 Å². The third kappa shape index (κ3) is 6.69. The Labute approximate surface area is 191 Å². The van der Waals surface area contributed by atoms with E-state index in [1.165, 1.54) is 36.5 Å². The molecule has 0 aliphatic rings. The van der Waals surface area contributed by atoms with Crippen molar-refractivity contribution in [3.63, 3.8) is 0 Å². The van der Waals surface area contributed by atoms with Gasteiger partial charge in [-0.25, -0.2) is 9.37 Å². The molecule has 0 aliphatic carbocycles. The number of aryl methyl sites for hydroxylation is 1. The molecule has 32 heavy (non-hydrogen) atoms. The Bertz CT molecular complexity index is 1000. The summed E-state index contributed by atoms with van der Waals surface area (Å²) in [7, 11) is 0. The van der Waals surface area contributed by atoms with Gasteiger partial charge in [0.25, 0.3) is 0 Å². The summed E-state index contributed by atoms with van der Waals surface area (Å²) < 4.78 is 54.9. The molecular formula is C24H31ClF4N2O. The van der Waals surface area contributed by atoms with Gasteiger partial charge >= 0.3 is 6.18 Å². The highest BCUT2D eigenvalue weighted by Crippen LogP contribution is 2.41. The quantitative estimate of drug-likeness (QED) is 0.293. The number of rotatable bonds is 5. The van der Waals surface area contributed by atoms with Crippen LogP contribution in [0.1, 0.15) is 63.8 Å². The minimum absolute atomic E-state index is 0.210. The molecule has 0 saturated heterocycles. The van der Waals surface area contributed by atoms with Crippen LogP contribution in [0.5, 0.6) is 0 Å². The second-order valence-corrected chi connectivity index (χ2v) is 7.59. The number of aromatic amines is 1. The average Bonchev–Trinajstić information content (AvgIpc) is 3.12. The van der Waals surface area contributed by atoms with Crippen molar-refractivity contribution in [2.75, 3.05) is 0 Å². The first-order chi connectivity index (χ1) is 15.0. The molecule has 0 saturated carbocycles. The molecule has 0 fully saturated rings. The number of halogens is 5. The maximum atomic E-state index is 13.8. The molecule has 2 atom stereocenters. The number of benzene rings is 1. The van der Waals surface area contributed by atoms with E-state index in [0.717, 1.165) is 0 Å². The lowest BCUT2D eigenvalue weighted by Crippen LogP contribution is -2.48. The van der Waals surface area contributed by atoms with Crippen LogP contribution in [0, 0.1) is 12.7 Å². The number of hydrogen-bond donors (Lipinski definition) is 2. The molecule has 0 spiro atoms. The van der Waals surface area contributed by atoms with Gasteiger partial charge < -0.3 is 10.1 Å². The predicted molar refractivity (Wildman–Crippen MR) is 123 cm³/mol. The highest BCUT2D eigenvalue weighted by Gasteiger charge is 2.54. The van der Waals surface area contributed by atoms with Gasteiger partial charge in [-0.1, -0.05) is 52.3 Å². The number of aromatic nitrogens is 2. The third-order valence-corrected chi connectivity index (χ3v) is 5.16. The molecule has 178 valence electrons. The van der Waals surface area contributed by atoms with Gasteiger partial charge in [0.05, 0.1) is 11.7 Å². The number of hydrogen-bond acceptors (Lipinski definition) is 2. The van der Waals surface area contributed by atoms with Crippen LogP contribution < -0.4 is 0 Å². The van der Waals surface area contributed by atoms with Crippen LogP contribution in [-0.2, 0) is 6.42 Å². The van der Waals surface area contributed by atoms with E-state index in [0.29, 0.717) is 22.0 Å². The normalized spacial score (nSPS) is 14.0. The fourth-order valence-electron chi connectivity index (χ4n) is 3.52. The molecule has 2 aromatic heterocycles. The monoisotopic (exact) mass is 474 g/mol. The molecule has 0 radical (unpaired) electrons. The fourth-order valence-corrected chi connectivity index (χ4v) is 3.69. The largest absolute Gasteiger partial charge is 0.417 e. The summed E-state index contributed by atoms with van der Waals surface area (Å²) in [5.41, 5.74) is -1.14. The first-order valence-electron chi connectivity index (χ1n) is 10.7. The lowest BCUT2D eigenvalue weighted by molar-refractivity contribution is -0.263. The van der Waals surface area contributed by atoms with E-state index in [-0.39, 0.29) is 10.8 Å². The van der Waals surface area contributed by atoms with Crippen LogP contribution in [-0.4, -0.2) is 26.9 Å². The van der Waals surface area contributed by atoms with E-state index in [4.69, 9.17) is 11.6 Å². The van der Waals surface area contributed by atoms with Crippen molar-refractivity contribution in [3.05, 3.63) is 64.3 Å². The van der Waals surface area contributed by atoms with Crippen molar-refractivity contribution < 1.29 is 22.7 Å². The predicted octanol–water partition coefficient (Wildman–Crippen LogP) is 7.75. The van der Waals surface area contributed by atoms with Crippen LogP contribution in [0.2, 0.25) is 5.15 Å². The van der Waals surface area contributed by atoms with Crippen LogP contribution in [0.25, 0.3) is 10.9 Å². The number of aliphatic hydroxyl groups is 1. The molecule has 0 aliphatic heterocycles. The molecule has 0 amide bonds. The lowest BCUT2D eigenvalue weighted by atomic mass is 9.82. The second kappa shape index (κ2) is 11.7. The maximum Gasteiger partial charge on any atom is 0.417 e. The molecular weight excluding hydrogens is 444 g/mol. The van der Waals surface area contributed by atoms with Crippen LogP contribution in [0.15, 0.2) is 36.5 Å². The van der Waals surface area contributed by atoms with E-state index < -0.39 is 36.4 Å². The van der Waals surface area contributed by atoms with Gasteiger partial charge in [0.1, 0.15) is 11.0 Å². The summed E-state index contributed by atoms with van der Waals surface area (Å²) in [6.45, 7) is 11.2. The minimum Gasteiger partial charge on any atom is -0.380 e. The van der Waals surface area contributed by atoms with Crippen molar-refractivity contribution in [2.24, 2.45) is 0 Å². The third-order valence-electron chi connectivity index (χ3n) is 4.95. The summed E-state index contributed by atoms with van der Waals surface area (Å²) in [5.74, 6) is -1.23. The van der Waals surface area contributed by atoms with Crippen molar-refractivity contribution in [1.82, 2.24) is 9.97 Å². The topological polar surface area (TPSA) is 48.9 Å². The standard InChI is InChI=1S/C20H19ClF4N2O.2C2H6/c1-11-3-4-14(22)7-16(11)12(2)8-19(28,20(23,24)25)9-15-5-13-6-18(21)26-10-17(13)27-15;2*1-2/h3-7,10,12,27-28H,8-9H2,1-2H3;2*1-2H3. The van der Waals surface area contributed by atoms with Gasteiger partial charge in [-0.15, -0.1) is 0 Å². The Morgan fingerprint density at radius 3 is 2.31 bits per heavy atom. The molecule has 2 heterocycles.